The van der Waals surface area contributed by atoms with E-state index in [1.807, 2.05) is 24.9 Å². The highest BCUT2D eigenvalue weighted by Gasteiger charge is 2.20. The van der Waals surface area contributed by atoms with Crippen LogP contribution in [-0.4, -0.2) is 38.7 Å². The zero-order valence-electron chi connectivity index (χ0n) is 15.2. The number of anilines is 1. The van der Waals surface area contributed by atoms with E-state index in [4.69, 9.17) is 4.42 Å². The molecule has 1 aliphatic heterocycles. The van der Waals surface area contributed by atoms with Crippen molar-refractivity contribution in [3.05, 3.63) is 54.0 Å². The molecule has 1 aliphatic rings. The Morgan fingerprint density at radius 1 is 1.22 bits per heavy atom. The van der Waals surface area contributed by atoms with Crippen molar-refractivity contribution in [3.8, 4) is 0 Å². The van der Waals surface area contributed by atoms with Gasteiger partial charge >= 0.3 is 0 Å². The number of aryl methyl sites for hydroxylation is 1. The predicted molar refractivity (Wildman–Crippen MR) is 104 cm³/mol. The molecule has 1 aromatic heterocycles. The normalized spacial score (nSPS) is 16.4. The summed E-state index contributed by atoms with van der Waals surface area (Å²) in [6.45, 7) is 2.63. The van der Waals surface area contributed by atoms with Crippen LogP contribution in [0.15, 0.2) is 56.2 Å². The number of hydrogen-bond donors (Lipinski definition) is 1. The summed E-state index contributed by atoms with van der Waals surface area (Å²) in [4.78, 5) is 13.9. The highest BCUT2D eigenvalue weighted by Crippen LogP contribution is 2.19. The van der Waals surface area contributed by atoms with Crippen molar-refractivity contribution in [1.29, 1.82) is 0 Å². The minimum absolute atomic E-state index is 0.0925. The highest BCUT2D eigenvalue weighted by molar-refractivity contribution is 7.90. The van der Waals surface area contributed by atoms with Gasteiger partial charge in [0.2, 0.25) is 5.91 Å². The summed E-state index contributed by atoms with van der Waals surface area (Å²) in [5.74, 6) is 1.58. The van der Waals surface area contributed by atoms with Crippen LogP contribution >= 0.6 is 0 Å². The summed E-state index contributed by atoms with van der Waals surface area (Å²) in [5, 5.41) is 2.67. The molecule has 1 amide bonds. The van der Waals surface area contributed by atoms with Crippen LogP contribution in [-0.2, 0) is 14.8 Å². The van der Waals surface area contributed by atoms with Gasteiger partial charge in [-0.2, -0.15) is 8.42 Å². The van der Waals surface area contributed by atoms with Crippen molar-refractivity contribution >= 4 is 33.5 Å². The molecule has 1 fully saturated rings. The number of amidine groups is 1. The summed E-state index contributed by atoms with van der Waals surface area (Å²) >= 11 is 0. The van der Waals surface area contributed by atoms with Crippen molar-refractivity contribution in [3.63, 3.8) is 0 Å². The molecule has 1 aromatic carbocycles. The fraction of sp³-hybridized carbons (Fsp3) is 0.263. The van der Waals surface area contributed by atoms with E-state index < -0.39 is 10.0 Å². The van der Waals surface area contributed by atoms with Crippen LogP contribution in [0.4, 0.5) is 5.69 Å². The monoisotopic (exact) mass is 387 g/mol. The van der Waals surface area contributed by atoms with Crippen LogP contribution in [0.25, 0.3) is 6.08 Å². The van der Waals surface area contributed by atoms with Crippen molar-refractivity contribution < 1.29 is 17.6 Å². The molecule has 0 radical (unpaired) electrons. The lowest BCUT2D eigenvalue weighted by Gasteiger charge is -2.11. The zero-order chi connectivity index (χ0) is 19.4. The molecule has 3 rings (SSSR count). The van der Waals surface area contributed by atoms with Crippen LogP contribution in [0.1, 0.15) is 24.4 Å². The van der Waals surface area contributed by atoms with E-state index >= 15 is 0 Å². The summed E-state index contributed by atoms with van der Waals surface area (Å²) in [7, 11) is -1.93. The summed E-state index contributed by atoms with van der Waals surface area (Å²) in [6.07, 6.45) is 4.48. The first kappa shape index (κ1) is 18.9. The standard InChI is InChI=1S/C19H21N3O4S/c1-14-5-8-16(26-14)9-12-19(23)20-15-6-10-17(11-7-15)27(24,25)21-18-4-3-13-22(18)2/h5-12H,3-4,13H2,1-2H3,(H,20,23)/b12-9+,21-18+. The van der Waals surface area contributed by atoms with Crippen molar-refractivity contribution in [2.45, 2.75) is 24.7 Å². The molecule has 2 heterocycles. The molecule has 0 atom stereocenters. The van der Waals surface area contributed by atoms with Gasteiger partial charge < -0.3 is 14.6 Å². The van der Waals surface area contributed by atoms with Gasteiger partial charge in [0.1, 0.15) is 17.4 Å². The van der Waals surface area contributed by atoms with E-state index in [1.54, 1.807) is 12.1 Å². The average molecular weight is 387 g/mol. The van der Waals surface area contributed by atoms with Crippen LogP contribution in [0, 0.1) is 6.92 Å². The van der Waals surface area contributed by atoms with Gasteiger partial charge in [0, 0.05) is 31.8 Å². The topological polar surface area (TPSA) is 92.0 Å². The number of rotatable bonds is 5. The Bertz CT molecular complexity index is 988. The van der Waals surface area contributed by atoms with Gasteiger partial charge in [-0.1, -0.05) is 0 Å². The molecule has 1 saturated heterocycles. The predicted octanol–water partition coefficient (Wildman–Crippen LogP) is 3.05. The lowest BCUT2D eigenvalue weighted by Crippen LogP contribution is -2.20. The highest BCUT2D eigenvalue weighted by atomic mass is 32.2. The molecule has 0 unspecified atom stereocenters. The molecule has 0 bridgehead atoms. The number of carbonyl (C=O) groups is 1. The Hall–Kier alpha value is -2.87. The van der Waals surface area contributed by atoms with Gasteiger partial charge in [0.05, 0.1) is 4.90 Å². The average Bonchev–Trinajstić information content (AvgIpc) is 3.22. The number of nitrogens with zero attached hydrogens (tertiary/aromatic N) is 2. The first-order valence-corrected chi connectivity index (χ1v) is 9.98. The SMILES string of the molecule is Cc1ccc(/C=C/C(=O)Nc2ccc(S(=O)(=O)/N=C3\CCCN3C)cc2)o1. The fourth-order valence-corrected chi connectivity index (χ4v) is 3.79. The lowest BCUT2D eigenvalue weighted by molar-refractivity contribution is -0.111. The van der Waals surface area contributed by atoms with Crippen molar-refractivity contribution in [2.24, 2.45) is 4.40 Å². The van der Waals surface area contributed by atoms with Crippen LogP contribution in [0.3, 0.4) is 0 Å². The maximum absolute atomic E-state index is 12.4. The minimum atomic E-state index is -3.76. The molecule has 1 N–H and O–H groups in total. The van der Waals surface area contributed by atoms with E-state index in [0.29, 0.717) is 23.7 Å². The van der Waals surface area contributed by atoms with Crippen molar-refractivity contribution in [2.75, 3.05) is 18.9 Å². The van der Waals surface area contributed by atoms with E-state index in [1.165, 1.54) is 30.3 Å². The lowest BCUT2D eigenvalue weighted by atomic mass is 10.3. The molecular formula is C19H21N3O4S. The molecule has 0 spiro atoms. The number of sulfonamides is 1. The van der Waals surface area contributed by atoms with E-state index in [2.05, 4.69) is 9.71 Å². The Morgan fingerprint density at radius 3 is 2.56 bits per heavy atom. The van der Waals surface area contributed by atoms with E-state index in [-0.39, 0.29) is 10.8 Å². The molecule has 27 heavy (non-hydrogen) atoms. The third kappa shape index (κ3) is 4.85. The first-order valence-electron chi connectivity index (χ1n) is 8.54. The summed E-state index contributed by atoms with van der Waals surface area (Å²) < 4.78 is 34.1. The Kier molecular flexibility index (Phi) is 5.46. The van der Waals surface area contributed by atoms with Gasteiger partial charge in [0.15, 0.2) is 0 Å². The van der Waals surface area contributed by atoms with Gasteiger partial charge in [0.25, 0.3) is 10.0 Å². The Labute approximate surface area is 158 Å². The van der Waals surface area contributed by atoms with Gasteiger partial charge in [-0.05, 0) is 55.8 Å². The molecule has 8 heteroatoms. The quantitative estimate of drug-likeness (QED) is 0.796. The van der Waals surface area contributed by atoms with Crippen molar-refractivity contribution in [1.82, 2.24) is 4.90 Å². The molecule has 0 aliphatic carbocycles. The fourth-order valence-electron chi connectivity index (χ4n) is 2.70. The summed E-state index contributed by atoms with van der Waals surface area (Å²) in [6, 6.07) is 9.51. The number of likely N-dealkylation sites (tertiary alicyclic amines) is 1. The number of carbonyl (C=O) groups excluding carboxylic acids is 1. The Balaban J connectivity index is 1.66. The second kappa shape index (κ2) is 7.79. The van der Waals surface area contributed by atoms with Gasteiger partial charge in [-0.25, -0.2) is 0 Å². The third-order valence-corrected chi connectivity index (χ3v) is 5.46. The largest absolute Gasteiger partial charge is 0.462 e. The third-order valence-electron chi connectivity index (χ3n) is 4.14. The number of furan rings is 1. The second-order valence-electron chi connectivity index (χ2n) is 6.30. The number of hydrogen-bond acceptors (Lipinski definition) is 4. The molecule has 2 aromatic rings. The summed E-state index contributed by atoms with van der Waals surface area (Å²) in [5.41, 5.74) is 0.491. The van der Waals surface area contributed by atoms with E-state index in [9.17, 15) is 13.2 Å². The maximum atomic E-state index is 12.4. The molecule has 7 nitrogen and oxygen atoms in total. The van der Waals surface area contributed by atoms with Gasteiger partial charge in [-0.3, -0.25) is 4.79 Å². The van der Waals surface area contributed by atoms with E-state index in [0.717, 1.165) is 18.7 Å². The minimum Gasteiger partial charge on any atom is -0.462 e. The van der Waals surface area contributed by atoms with Crippen LogP contribution < -0.4 is 5.32 Å². The Morgan fingerprint density at radius 2 is 1.96 bits per heavy atom. The first-order chi connectivity index (χ1) is 12.8. The second-order valence-corrected chi connectivity index (χ2v) is 7.91. The van der Waals surface area contributed by atoms with Crippen LogP contribution in [0.5, 0.6) is 0 Å². The number of amides is 1. The molecular weight excluding hydrogens is 366 g/mol. The van der Waals surface area contributed by atoms with Gasteiger partial charge in [-0.15, -0.1) is 4.40 Å². The van der Waals surface area contributed by atoms with Crippen LogP contribution in [0.2, 0.25) is 0 Å². The molecule has 0 saturated carbocycles. The zero-order valence-corrected chi connectivity index (χ0v) is 16.0. The maximum Gasteiger partial charge on any atom is 0.283 e. The smallest absolute Gasteiger partial charge is 0.283 e. The molecule has 142 valence electrons. The number of benzene rings is 1. The number of nitrogens with one attached hydrogen (secondary N) is 1.